The van der Waals surface area contributed by atoms with E-state index >= 15 is 0 Å². The predicted molar refractivity (Wildman–Crippen MR) is 39.6 cm³/mol. The normalized spacial score (nSPS) is 59.7. The first-order chi connectivity index (χ1) is 4.52. The zero-order valence-electron chi connectivity index (χ0n) is 6.78. The highest BCUT2D eigenvalue weighted by Crippen LogP contribution is 2.63. The number of hydrogen-bond donors (Lipinski definition) is 0. The molecule has 0 aromatic carbocycles. The van der Waals surface area contributed by atoms with E-state index in [1.165, 1.54) is 12.8 Å². The van der Waals surface area contributed by atoms with Gasteiger partial charge < -0.3 is 0 Å². The van der Waals surface area contributed by atoms with Crippen LogP contribution in [-0.4, -0.2) is 5.67 Å². The van der Waals surface area contributed by atoms with Gasteiger partial charge in [-0.25, -0.2) is 4.39 Å². The van der Waals surface area contributed by atoms with Crippen LogP contribution in [0.3, 0.4) is 0 Å². The molecule has 0 atom stereocenters. The minimum Gasteiger partial charge on any atom is -0.244 e. The summed E-state index contributed by atoms with van der Waals surface area (Å²) in [6, 6.07) is 0. The second-order valence-electron chi connectivity index (χ2n) is 4.78. The van der Waals surface area contributed by atoms with Gasteiger partial charge in [0.25, 0.3) is 0 Å². The van der Waals surface area contributed by atoms with Crippen molar-refractivity contribution in [2.75, 3.05) is 0 Å². The van der Waals surface area contributed by atoms with Crippen molar-refractivity contribution in [2.45, 2.75) is 45.2 Å². The second kappa shape index (κ2) is 1.57. The molecule has 0 heterocycles. The van der Waals surface area contributed by atoms with E-state index in [0.29, 0.717) is 5.41 Å². The van der Waals surface area contributed by atoms with Gasteiger partial charge in [-0.15, -0.1) is 0 Å². The molecule has 2 aliphatic carbocycles. The summed E-state index contributed by atoms with van der Waals surface area (Å²) in [5, 5.41) is 0. The van der Waals surface area contributed by atoms with Gasteiger partial charge in [0, 0.05) is 0 Å². The fourth-order valence-corrected chi connectivity index (χ4v) is 3.22. The van der Waals surface area contributed by atoms with Gasteiger partial charge in [0.05, 0.1) is 0 Å². The van der Waals surface area contributed by atoms with Crippen molar-refractivity contribution in [1.29, 1.82) is 0 Å². The molecule has 58 valence electrons. The van der Waals surface area contributed by atoms with Crippen LogP contribution in [0, 0.1) is 11.3 Å². The maximum absolute atomic E-state index is 13.0. The molecule has 2 rings (SSSR count). The topological polar surface area (TPSA) is 0 Å². The number of hydrogen-bond acceptors (Lipinski definition) is 0. The molecule has 0 aliphatic heterocycles. The molecule has 0 amide bonds. The van der Waals surface area contributed by atoms with Crippen LogP contribution in [-0.2, 0) is 0 Å². The average molecular weight is 142 g/mol. The second-order valence-corrected chi connectivity index (χ2v) is 4.78. The third kappa shape index (κ3) is 0.792. The highest BCUT2D eigenvalue weighted by atomic mass is 19.1. The Labute approximate surface area is 61.8 Å². The van der Waals surface area contributed by atoms with Crippen molar-refractivity contribution >= 4 is 0 Å². The van der Waals surface area contributed by atoms with Gasteiger partial charge in [-0.1, -0.05) is 6.92 Å². The molecule has 0 aromatic heterocycles. The number of halogens is 1. The van der Waals surface area contributed by atoms with Crippen molar-refractivity contribution in [1.82, 2.24) is 0 Å². The summed E-state index contributed by atoms with van der Waals surface area (Å²) in [4.78, 5) is 0. The van der Waals surface area contributed by atoms with Crippen LogP contribution in [0.15, 0.2) is 0 Å². The van der Waals surface area contributed by atoms with Crippen molar-refractivity contribution in [2.24, 2.45) is 11.3 Å². The van der Waals surface area contributed by atoms with E-state index in [1.54, 1.807) is 6.92 Å². The maximum Gasteiger partial charge on any atom is 0.109 e. The van der Waals surface area contributed by atoms with E-state index < -0.39 is 5.67 Å². The lowest BCUT2D eigenvalue weighted by molar-refractivity contribution is -0.126. The van der Waals surface area contributed by atoms with Crippen molar-refractivity contribution < 1.29 is 4.39 Å². The molecular formula is C9H15F. The summed E-state index contributed by atoms with van der Waals surface area (Å²) in [6.45, 7) is 4.00. The Kier molecular flexibility index (Phi) is 1.04. The molecule has 0 aromatic rings. The van der Waals surface area contributed by atoms with Crippen LogP contribution in [0.4, 0.5) is 4.39 Å². The van der Waals surface area contributed by atoms with Crippen LogP contribution >= 0.6 is 0 Å². The van der Waals surface area contributed by atoms with Crippen LogP contribution < -0.4 is 0 Å². The summed E-state index contributed by atoms with van der Waals surface area (Å²) in [5.41, 5.74) is -0.330. The van der Waals surface area contributed by atoms with Crippen LogP contribution in [0.1, 0.15) is 39.5 Å². The van der Waals surface area contributed by atoms with E-state index in [2.05, 4.69) is 6.92 Å². The van der Waals surface area contributed by atoms with Gasteiger partial charge in [-0.05, 0) is 43.9 Å². The minimum atomic E-state index is -0.805. The van der Waals surface area contributed by atoms with E-state index in [4.69, 9.17) is 0 Å². The van der Waals surface area contributed by atoms with E-state index in [9.17, 15) is 4.39 Å². The Hall–Kier alpha value is -0.0700. The molecule has 1 heteroatoms. The van der Waals surface area contributed by atoms with Crippen LogP contribution in [0.5, 0.6) is 0 Å². The first kappa shape index (κ1) is 6.63. The summed E-state index contributed by atoms with van der Waals surface area (Å²) in [7, 11) is 0. The van der Waals surface area contributed by atoms with Crippen LogP contribution in [0.25, 0.3) is 0 Å². The third-order valence-corrected chi connectivity index (χ3v) is 3.05. The average Bonchev–Trinajstić information content (AvgIpc) is 1.55. The summed E-state index contributed by atoms with van der Waals surface area (Å²) < 4.78 is 13.0. The molecule has 0 bridgehead atoms. The fraction of sp³-hybridized carbons (Fsp3) is 1.00. The Morgan fingerprint density at radius 2 is 1.80 bits per heavy atom. The molecule has 2 fully saturated rings. The van der Waals surface area contributed by atoms with Gasteiger partial charge in [0.15, 0.2) is 0 Å². The standard InChI is InChI=1S/C9H15F/c1-7-3-9(4-7)5-8(2,10)6-9/h7H,3-6H2,1-2H3. The Morgan fingerprint density at radius 1 is 1.30 bits per heavy atom. The minimum absolute atomic E-state index is 0.475. The van der Waals surface area contributed by atoms with Gasteiger partial charge in [0.2, 0.25) is 0 Å². The van der Waals surface area contributed by atoms with E-state index in [1.807, 2.05) is 0 Å². The molecule has 0 radical (unpaired) electrons. The zero-order valence-corrected chi connectivity index (χ0v) is 6.78. The Morgan fingerprint density at radius 3 is 2.10 bits per heavy atom. The first-order valence-electron chi connectivity index (χ1n) is 4.20. The monoisotopic (exact) mass is 142 g/mol. The lowest BCUT2D eigenvalue weighted by Crippen LogP contribution is -2.53. The molecule has 0 unspecified atom stereocenters. The number of alkyl halides is 1. The molecular weight excluding hydrogens is 127 g/mol. The smallest absolute Gasteiger partial charge is 0.109 e. The molecule has 0 saturated heterocycles. The van der Waals surface area contributed by atoms with Crippen molar-refractivity contribution in [3.63, 3.8) is 0 Å². The zero-order chi connectivity index (χ0) is 7.41. The van der Waals surface area contributed by atoms with Gasteiger partial charge in [-0.3, -0.25) is 0 Å². The summed E-state index contributed by atoms with van der Waals surface area (Å²) >= 11 is 0. The van der Waals surface area contributed by atoms with Crippen molar-refractivity contribution in [3.8, 4) is 0 Å². The third-order valence-electron chi connectivity index (χ3n) is 3.05. The lowest BCUT2D eigenvalue weighted by Gasteiger charge is -2.59. The Balaban J connectivity index is 1.91. The quantitative estimate of drug-likeness (QED) is 0.488. The highest BCUT2D eigenvalue weighted by molar-refractivity contribution is 5.07. The molecule has 0 nitrogen and oxygen atoms in total. The Bertz CT molecular complexity index is 144. The van der Waals surface area contributed by atoms with Gasteiger partial charge >= 0.3 is 0 Å². The summed E-state index contributed by atoms with van der Waals surface area (Å²) in [6.07, 6.45) is 4.24. The fourth-order valence-electron chi connectivity index (χ4n) is 3.22. The molecule has 10 heavy (non-hydrogen) atoms. The van der Waals surface area contributed by atoms with Crippen molar-refractivity contribution in [3.05, 3.63) is 0 Å². The SMILES string of the molecule is CC1CC2(C1)CC(C)(F)C2. The van der Waals surface area contributed by atoms with E-state index in [-0.39, 0.29) is 0 Å². The highest BCUT2D eigenvalue weighted by Gasteiger charge is 2.57. The van der Waals surface area contributed by atoms with E-state index in [0.717, 1.165) is 18.8 Å². The maximum atomic E-state index is 13.0. The molecule has 0 N–H and O–H groups in total. The molecule has 2 aliphatic rings. The van der Waals surface area contributed by atoms with Crippen LogP contribution in [0.2, 0.25) is 0 Å². The summed E-state index contributed by atoms with van der Waals surface area (Å²) in [5.74, 6) is 0.871. The lowest BCUT2D eigenvalue weighted by atomic mass is 9.48. The van der Waals surface area contributed by atoms with Gasteiger partial charge in [0.1, 0.15) is 5.67 Å². The molecule has 1 spiro atoms. The predicted octanol–water partition coefficient (Wildman–Crippen LogP) is 2.92. The molecule has 2 saturated carbocycles. The van der Waals surface area contributed by atoms with Gasteiger partial charge in [-0.2, -0.15) is 0 Å². The largest absolute Gasteiger partial charge is 0.244 e. The number of rotatable bonds is 0. The first-order valence-corrected chi connectivity index (χ1v) is 4.20.